The number of carboxylic acids is 2. The summed E-state index contributed by atoms with van der Waals surface area (Å²) in [6.07, 6.45) is -3.74. The maximum absolute atomic E-state index is 13.6. The molecule has 0 fully saturated rings. The molecule has 4 rings (SSSR count). The minimum atomic E-state index is -4.62. The molecule has 1 atom stereocenters. The van der Waals surface area contributed by atoms with Crippen molar-refractivity contribution in [1.82, 2.24) is 9.78 Å². The minimum absolute atomic E-state index is 0.0629. The van der Waals surface area contributed by atoms with Crippen molar-refractivity contribution in [1.29, 1.82) is 0 Å². The van der Waals surface area contributed by atoms with Gasteiger partial charge in [0.25, 0.3) is 0 Å². The molecule has 3 aromatic rings. The first-order valence-corrected chi connectivity index (χ1v) is 10.4. The molecule has 33 heavy (non-hydrogen) atoms. The van der Waals surface area contributed by atoms with Crippen LogP contribution in [0.4, 0.5) is 13.2 Å². The van der Waals surface area contributed by atoms with Gasteiger partial charge >= 0.3 is 18.1 Å². The number of halogens is 4. The quantitative estimate of drug-likeness (QED) is 0.528. The second-order valence-electron chi connectivity index (χ2n) is 7.86. The van der Waals surface area contributed by atoms with Crippen LogP contribution in [-0.2, 0) is 30.4 Å². The Morgan fingerprint density at radius 3 is 2.42 bits per heavy atom. The first-order valence-electron chi connectivity index (χ1n) is 10.1. The molecule has 1 aliphatic carbocycles. The molecule has 0 bridgehead atoms. The van der Waals surface area contributed by atoms with Gasteiger partial charge in [-0.25, -0.2) is 4.79 Å². The van der Waals surface area contributed by atoms with Crippen molar-refractivity contribution >= 4 is 23.5 Å². The lowest BCUT2D eigenvalue weighted by atomic mass is 9.85. The van der Waals surface area contributed by atoms with E-state index in [1.807, 2.05) is 0 Å². The lowest BCUT2D eigenvalue weighted by Gasteiger charge is -2.21. The number of carbonyl (C=O) groups is 2. The number of hydrogen-bond donors (Lipinski definition) is 2. The summed E-state index contributed by atoms with van der Waals surface area (Å²) in [5, 5.41) is 23.1. The molecule has 2 N–H and O–H groups in total. The zero-order valence-electron chi connectivity index (χ0n) is 17.1. The Bertz CT molecular complexity index is 1240. The summed E-state index contributed by atoms with van der Waals surface area (Å²) < 4.78 is 42.2. The number of nitrogens with zero attached hydrogens (tertiary/aromatic N) is 2. The topological polar surface area (TPSA) is 92.4 Å². The summed E-state index contributed by atoms with van der Waals surface area (Å²) in [4.78, 5) is 22.8. The van der Waals surface area contributed by atoms with Crippen LogP contribution >= 0.6 is 11.6 Å². The molecule has 2 aromatic carbocycles. The van der Waals surface area contributed by atoms with Crippen molar-refractivity contribution in [3.05, 3.63) is 75.4 Å². The lowest BCUT2D eigenvalue weighted by molar-refractivity contribution is -0.142. The largest absolute Gasteiger partial charge is 0.481 e. The summed E-state index contributed by atoms with van der Waals surface area (Å²) in [7, 11) is 0. The monoisotopic (exact) mass is 478 g/mol. The standard InChI is InChI=1S/C23H18ClF3N2O4/c24-18-3-1-2-17(23(25,26)27)16(18)11-29-19-10-14(22(32)33)8-9-15(19)20(28-29)12-4-6-13(7-5-12)21(30)31/h1-7,14H,8-11H2,(H,30,31)(H,32,33). The third-order valence-electron chi connectivity index (χ3n) is 5.84. The molecule has 10 heteroatoms. The number of fused-ring (bicyclic) bond motifs is 1. The Labute approximate surface area is 191 Å². The van der Waals surface area contributed by atoms with Crippen molar-refractivity contribution in [2.45, 2.75) is 32.0 Å². The molecule has 1 aliphatic rings. The highest BCUT2D eigenvalue weighted by molar-refractivity contribution is 6.31. The van der Waals surface area contributed by atoms with Crippen LogP contribution in [-0.4, -0.2) is 31.9 Å². The number of aromatic nitrogens is 2. The highest BCUT2D eigenvalue weighted by atomic mass is 35.5. The molecule has 1 unspecified atom stereocenters. The van der Waals surface area contributed by atoms with Crippen LogP contribution in [0.1, 0.15) is 39.2 Å². The lowest BCUT2D eigenvalue weighted by Crippen LogP contribution is -2.24. The second-order valence-corrected chi connectivity index (χ2v) is 8.26. The maximum Gasteiger partial charge on any atom is 0.416 e. The van der Waals surface area contributed by atoms with Gasteiger partial charge in [-0.3, -0.25) is 9.48 Å². The zero-order chi connectivity index (χ0) is 23.9. The first kappa shape index (κ1) is 22.8. The molecular weight excluding hydrogens is 461 g/mol. The molecule has 0 saturated carbocycles. The molecule has 0 aliphatic heterocycles. The molecular formula is C23H18ClF3N2O4. The predicted molar refractivity (Wildman–Crippen MR) is 113 cm³/mol. The number of aromatic carboxylic acids is 1. The first-order chi connectivity index (χ1) is 15.6. The smallest absolute Gasteiger partial charge is 0.416 e. The van der Waals surface area contributed by atoms with Crippen molar-refractivity contribution in [3.63, 3.8) is 0 Å². The van der Waals surface area contributed by atoms with Gasteiger partial charge in [0.2, 0.25) is 0 Å². The Hall–Kier alpha value is -3.33. The molecule has 0 amide bonds. The average molecular weight is 479 g/mol. The van der Waals surface area contributed by atoms with Gasteiger partial charge in [-0.1, -0.05) is 29.8 Å². The molecule has 1 aromatic heterocycles. The molecule has 6 nitrogen and oxygen atoms in total. The molecule has 0 saturated heterocycles. The van der Waals surface area contributed by atoms with Gasteiger partial charge in [-0.2, -0.15) is 18.3 Å². The van der Waals surface area contributed by atoms with Crippen LogP contribution in [0.2, 0.25) is 5.02 Å². The van der Waals surface area contributed by atoms with Gasteiger partial charge in [0, 0.05) is 33.8 Å². The summed E-state index contributed by atoms with van der Waals surface area (Å²) >= 11 is 6.13. The van der Waals surface area contributed by atoms with E-state index >= 15 is 0 Å². The van der Waals surface area contributed by atoms with Crippen LogP contribution in [0.5, 0.6) is 0 Å². The van der Waals surface area contributed by atoms with E-state index < -0.39 is 29.6 Å². The minimum Gasteiger partial charge on any atom is -0.481 e. The van der Waals surface area contributed by atoms with E-state index in [1.165, 1.54) is 28.9 Å². The number of rotatable bonds is 5. The van der Waals surface area contributed by atoms with Gasteiger partial charge in [-0.15, -0.1) is 0 Å². The third kappa shape index (κ3) is 4.45. The second kappa shape index (κ2) is 8.55. The van der Waals surface area contributed by atoms with E-state index in [2.05, 4.69) is 5.10 Å². The van der Waals surface area contributed by atoms with Gasteiger partial charge in [0.1, 0.15) is 0 Å². The number of benzene rings is 2. The summed E-state index contributed by atoms with van der Waals surface area (Å²) in [6.45, 7) is -0.281. The molecule has 0 spiro atoms. The van der Waals surface area contributed by atoms with Crippen LogP contribution in [0.25, 0.3) is 11.3 Å². The number of aliphatic carboxylic acids is 1. The summed E-state index contributed by atoms with van der Waals surface area (Å²) in [5.41, 5.74) is 1.43. The van der Waals surface area contributed by atoms with Crippen molar-refractivity contribution in [3.8, 4) is 11.3 Å². The van der Waals surface area contributed by atoms with Crippen molar-refractivity contribution < 1.29 is 33.0 Å². The van der Waals surface area contributed by atoms with E-state index in [1.54, 1.807) is 12.1 Å². The van der Waals surface area contributed by atoms with Crippen LogP contribution < -0.4 is 0 Å². The predicted octanol–water partition coefficient (Wildman–Crippen LogP) is 5.16. The normalized spacial score (nSPS) is 15.8. The number of carboxylic acid groups (broad SMARTS) is 2. The Kier molecular flexibility index (Phi) is 5.92. The zero-order valence-corrected chi connectivity index (χ0v) is 17.8. The summed E-state index contributed by atoms with van der Waals surface area (Å²) in [6, 6.07) is 9.54. The van der Waals surface area contributed by atoms with E-state index in [-0.39, 0.29) is 29.1 Å². The average Bonchev–Trinajstić information content (AvgIpc) is 3.12. The maximum atomic E-state index is 13.6. The molecule has 172 valence electrons. The number of hydrogen-bond acceptors (Lipinski definition) is 3. The van der Waals surface area contributed by atoms with Crippen LogP contribution in [0, 0.1) is 5.92 Å². The van der Waals surface area contributed by atoms with Crippen LogP contribution in [0.15, 0.2) is 42.5 Å². The molecule has 1 heterocycles. The molecule has 0 radical (unpaired) electrons. The fourth-order valence-corrected chi connectivity index (χ4v) is 4.39. The Balaban J connectivity index is 1.83. The van der Waals surface area contributed by atoms with Gasteiger partial charge in [0.05, 0.1) is 29.3 Å². The van der Waals surface area contributed by atoms with E-state index in [4.69, 9.17) is 16.7 Å². The highest BCUT2D eigenvalue weighted by Crippen LogP contribution is 2.38. The number of alkyl halides is 3. The highest BCUT2D eigenvalue weighted by Gasteiger charge is 2.35. The van der Waals surface area contributed by atoms with Gasteiger partial charge in [-0.05, 0) is 37.1 Å². The van der Waals surface area contributed by atoms with E-state index in [9.17, 15) is 27.9 Å². The summed E-state index contributed by atoms with van der Waals surface area (Å²) in [5.74, 6) is -2.74. The fourth-order valence-electron chi connectivity index (χ4n) is 4.16. The van der Waals surface area contributed by atoms with E-state index in [0.29, 0.717) is 29.8 Å². The Morgan fingerprint density at radius 1 is 1.12 bits per heavy atom. The van der Waals surface area contributed by atoms with Gasteiger partial charge in [0.15, 0.2) is 0 Å². The third-order valence-corrected chi connectivity index (χ3v) is 6.19. The Morgan fingerprint density at radius 2 is 1.82 bits per heavy atom. The van der Waals surface area contributed by atoms with Gasteiger partial charge < -0.3 is 10.2 Å². The van der Waals surface area contributed by atoms with Crippen LogP contribution in [0.3, 0.4) is 0 Å². The SMILES string of the molecule is O=C(O)c1ccc(-c2nn(Cc3c(Cl)cccc3C(F)(F)F)c3c2CCC(C(=O)O)C3)cc1. The van der Waals surface area contributed by atoms with Crippen molar-refractivity contribution in [2.24, 2.45) is 5.92 Å². The fraction of sp³-hybridized carbons (Fsp3) is 0.261. The van der Waals surface area contributed by atoms with Crippen molar-refractivity contribution in [2.75, 3.05) is 0 Å². The van der Waals surface area contributed by atoms with E-state index in [0.717, 1.165) is 11.6 Å².